The minimum absolute atomic E-state index is 0.0601. The molecule has 122 heavy (non-hydrogen) atoms. The molecular formula is C92H76Br3ClN10O14S2. The summed E-state index contributed by atoms with van der Waals surface area (Å²) in [6, 6.07) is 49.5. The van der Waals surface area contributed by atoms with E-state index in [1.54, 1.807) is 244 Å². The largest absolute Gasteiger partial charge is 0.508 e. The maximum absolute atomic E-state index is 13.4. The number of phenolic OH excluding ortho intramolecular Hbond substituents is 1. The van der Waals surface area contributed by atoms with Crippen LogP contribution in [0.25, 0.3) is 77.4 Å². The molecule has 24 nitrogen and oxygen atoms in total. The summed E-state index contributed by atoms with van der Waals surface area (Å²) in [6.07, 6.45) is 15.6. The van der Waals surface area contributed by atoms with Gasteiger partial charge in [-0.15, -0.1) is 0 Å². The van der Waals surface area contributed by atoms with Crippen LogP contribution in [0.3, 0.4) is 0 Å². The number of hydrogen-bond donors (Lipinski definition) is 4. The predicted octanol–water partition coefficient (Wildman–Crippen LogP) is 22.8. The van der Waals surface area contributed by atoms with Gasteiger partial charge >= 0.3 is 12.2 Å². The van der Waals surface area contributed by atoms with Gasteiger partial charge in [0.1, 0.15) is 68.2 Å². The van der Waals surface area contributed by atoms with Gasteiger partial charge in [0.25, 0.3) is 5.24 Å². The number of H-pyrrole nitrogens is 3. The summed E-state index contributed by atoms with van der Waals surface area (Å²) in [5.41, 5.74) is 9.91. The summed E-state index contributed by atoms with van der Waals surface area (Å²) in [4.78, 5) is 118. The number of benzene rings is 5. The molecule has 618 valence electrons. The van der Waals surface area contributed by atoms with E-state index in [2.05, 4.69) is 87.7 Å². The van der Waals surface area contributed by atoms with Gasteiger partial charge in [-0.25, -0.2) is 43.6 Å². The first kappa shape index (κ1) is 88.3. The van der Waals surface area contributed by atoms with Gasteiger partial charge < -0.3 is 48.5 Å². The first-order valence-corrected chi connectivity index (χ1v) is 41.7. The standard InChI is InChI=1S/C24H22N2O4S.C20H19BrN2O4.C18H12N2O2S.C15H11BrN2O2.C8H7ClO2.C7H5BrN2/c1-24(2,3)30-23(28)26-13-20(21(27)15-6-5-7-18(10-15)29-4)19-11-17(12-25-22(19)26)16-8-9-31-14-16;1-20(2,3)27-19(25)23-11-16(15-9-13(21)10-22-18(15)23)17(24)12-6-5-7-14(8-12)26-4;21-14-3-1-2-11(6-14)17(22)16-9-20-18-15(16)7-13(8-19-18)12-4-5-23-10-12;1-20-11-4-2-3-9(5-11)14(19)13-8-18-15-12(13)6-10(16)7-17-15;1-11-7-4-2-3-6(5-7)8(9)10;8-6-3-5-1-2-9-7(5)10-4-6/h5-14H,1-4H3;5-11H,1-4H3;1-10,21H,(H,19,20);2-8H,1H3,(H,17,18);2-5H,1H3;1-4H,(H,9,10). The van der Waals surface area contributed by atoms with Gasteiger partial charge in [0.15, 0.2) is 23.1 Å². The van der Waals surface area contributed by atoms with Crippen molar-refractivity contribution in [2.75, 3.05) is 28.4 Å². The lowest BCUT2D eigenvalue weighted by molar-refractivity contribution is 0.0532. The molecule has 0 saturated heterocycles. The van der Waals surface area contributed by atoms with E-state index in [1.807, 2.05) is 76.2 Å². The second-order valence-corrected chi connectivity index (χ2v) is 33.3. The van der Waals surface area contributed by atoms with E-state index in [0.717, 1.165) is 53.0 Å². The van der Waals surface area contributed by atoms with Gasteiger partial charge in [0.2, 0.25) is 0 Å². The zero-order chi connectivity index (χ0) is 87.1. The highest BCUT2D eigenvalue weighted by molar-refractivity contribution is 9.11. The molecule has 0 aliphatic heterocycles. The topological polar surface area (TPSA) is 317 Å². The van der Waals surface area contributed by atoms with Crippen LogP contribution in [0.5, 0.6) is 28.7 Å². The summed E-state index contributed by atoms with van der Waals surface area (Å²) in [5, 5.41) is 21.0. The van der Waals surface area contributed by atoms with Crippen LogP contribution in [-0.4, -0.2) is 134 Å². The van der Waals surface area contributed by atoms with Crippen LogP contribution in [0.15, 0.2) is 267 Å². The van der Waals surface area contributed by atoms with Gasteiger partial charge in [-0.1, -0.05) is 54.6 Å². The summed E-state index contributed by atoms with van der Waals surface area (Å²) in [5.74, 6) is 1.87. The lowest BCUT2D eigenvalue weighted by Gasteiger charge is -2.19. The summed E-state index contributed by atoms with van der Waals surface area (Å²) in [6.45, 7) is 10.7. The average Bonchev–Trinajstić information content (AvgIpc) is 1.62. The van der Waals surface area contributed by atoms with E-state index >= 15 is 0 Å². The maximum atomic E-state index is 13.4. The molecule has 4 N–H and O–H groups in total. The molecule has 17 aromatic rings. The predicted molar refractivity (Wildman–Crippen MR) is 485 cm³/mol. The summed E-state index contributed by atoms with van der Waals surface area (Å²) >= 11 is 18.5. The number of rotatable bonds is 15. The van der Waals surface area contributed by atoms with Crippen molar-refractivity contribution in [1.82, 2.24) is 49.0 Å². The number of methoxy groups -OCH3 is 4. The van der Waals surface area contributed by atoms with E-state index in [0.29, 0.717) is 111 Å². The van der Waals surface area contributed by atoms with E-state index in [4.69, 9.17) is 40.0 Å². The fraction of sp³-hybridized carbons (Fsp3) is 0.130. The lowest BCUT2D eigenvalue weighted by atomic mass is 10.0. The van der Waals surface area contributed by atoms with Crippen LogP contribution in [0.1, 0.15) is 116 Å². The Morgan fingerprint density at radius 1 is 0.402 bits per heavy atom. The number of ether oxygens (including phenoxy) is 6. The molecule has 0 spiro atoms. The van der Waals surface area contributed by atoms with E-state index in [1.165, 1.54) is 34.7 Å². The summed E-state index contributed by atoms with van der Waals surface area (Å²) in [7, 11) is 6.21. The van der Waals surface area contributed by atoms with Gasteiger partial charge in [0.05, 0.1) is 39.6 Å². The number of carbonyl (C=O) groups is 7. The van der Waals surface area contributed by atoms with E-state index < -0.39 is 28.6 Å². The van der Waals surface area contributed by atoms with Crippen LogP contribution in [-0.2, 0) is 9.47 Å². The van der Waals surface area contributed by atoms with Crippen molar-refractivity contribution in [2.45, 2.75) is 52.7 Å². The number of aromatic amines is 3. The monoisotopic (exact) mass is 1880 g/mol. The highest BCUT2D eigenvalue weighted by atomic mass is 79.9. The third-order valence-corrected chi connectivity index (χ3v) is 20.8. The fourth-order valence-electron chi connectivity index (χ4n) is 12.2. The molecule has 0 amide bonds. The van der Waals surface area contributed by atoms with Crippen LogP contribution < -0.4 is 18.9 Å². The Bertz CT molecular complexity index is 6700. The zero-order valence-electron chi connectivity index (χ0n) is 67.0. The van der Waals surface area contributed by atoms with Gasteiger partial charge in [-0.2, -0.15) is 22.7 Å². The Hall–Kier alpha value is -13.0. The minimum Gasteiger partial charge on any atom is -0.508 e. The van der Waals surface area contributed by atoms with E-state index in [9.17, 15) is 38.7 Å². The number of pyridine rings is 5. The zero-order valence-corrected chi connectivity index (χ0v) is 74.1. The fourth-order valence-corrected chi connectivity index (χ4v) is 14.7. The first-order chi connectivity index (χ1) is 58.5. The molecule has 12 aromatic heterocycles. The number of ketones is 4. The van der Waals surface area contributed by atoms with Crippen molar-refractivity contribution in [3.8, 4) is 51.0 Å². The Labute approximate surface area is 737 Å². The second kappa shape index (κ2) is 39.4. The number of halogens is 4. The van der Waals surface area contributed by atoms with E-state index in [-0.39, 0.29) is 28.9 Å². The first-order valence-electron chi connectivity index (χ1n) is 37.1. The molecule has 0 fully saturated rings. The quantitative estimate of drug-likeness (QED) is 0.0547. The number of phenols is 1. The van der Waals surface area contributed by atoms with Gasteiger partial charge in [0, 0.05) is 152 Å². The van der Waals surface area contributed by atoms with Crippen molar-refractivity contribution < 1.29 is 67.1 Å². The van der Waals surface area contributed by atoms with Crippen LogP contribution >= 0.6 is 82.1 Å². The Kier molecular flexibility index (Phi) is 28.5. The van der Waals surface area contributed by atoms with Crippen molar-refractivity contribution in [2.24, 2.45) is 0 Å². The Morgan fingerprint density at radius 3 is 1.21 bits per heavy atom. The number of hydrogen-bond acceptors (Lipinski definition) is 21. The second-order valence-electron chi connectivity index (χ2n) is 28.6. The minimum atomic E-state index is -0.679. The molecule has 0 bridgehead atoms. The molecule has 0 aliphatic carbocycles. The molecule has 30 heteroatoms. The molecule has 0 unspecified atom stereocenters. The number of fused-ring (bicyclic) bond motifs is 5. The number of nitrogens with zero attached hydrogens (tertiary/aromatic N) is 7. The Balaban J connectivity index is 0.000000139. The van der Waals surface area contributed by atoms with Crippen molar-refractivity contribution in [3.63, 3.8) is 0 Å². The number of thiophene rings is 2. The Morgan fingerprint density at radius 2 is 0.770 bits per heavy atom. The molecule has 0 radical (unpaired) electrons. The van der Waals surface area contributed by atoms with Gasteiger partial charge in [-0.3, -0.25) is 24.0 Å². The average molecular weight is 1880 g/mol. The number of nitrogens with one attached hydrogen (secondary N) is 3. The molecule has 0 saturated carbocycles. The van der Waals surface area contributed by atoms with Crippen LogP contribution in [0, 0.1) is 0 Å². The molecule has 0 atom stereocenters. The highest BCUT2D eigenvalue weighted by Crippen LogP contribution is 2.34. The molecule has 5 aromatic carbocycles. The number of aromatic hydroxyl groups is 1. The molecule has 17 rings (SSSR count). The lowest BCUT2D eigenvalue weighted by Crippen LogP contribution is -2.27. The third-order valence-electron chi connectivity index (χ3n) is 17.9. The molecule has 12 heterocycles. The SMILES string of the molecule is Brc1cnc2[nH]ccc2c1.COc1cccc(C(=O)Cl)c1.COc1cccc(C(=O)c2c[nH]c3ncc(Br)cc23)c1.COc1cccc(C(=O)c2cn(C(=O)OC(C)(C)C)c3ncc(-c4ccsc4)cc23)c1.COc1cccc(C(=O)c2cn(C(=O)OC(C)(C)C)c3ncc(Br)cc23)c1.O=C(c1cccc(O)c1)c1c[nH]c2ncc(-c3ccsc3)cc12. The van der Waals surface area contributed by atoms with Crippen molar-refractivity contribution in [1.29, 1.82) is 0 Å². The van der Waals surface area contributed by atoms with Crippen LogP contribution in [0.2, 0.25) is 0 Å². The molecular weight excluding hydrogens is 1810 g/mol. The smallest absolute Gasteiger partial charge is 0.420 e. The normalized spacial score (nSPS) is 11.0. The molecule has 0 aliphatic rings. The number of aromatic nitrogens is 10. The highest BCUT2D eigenvalue weighted by Gasteiger charge is 2.28. The van der Waals surface area contributed by atoms with Crippen molar-refractivity contribution in [3.05, 3.63) is 317 Å². The maximum Gasteiger partial charge on any atom is 0.420 e. The van der Waals surface area contributed by atoms with Gasteiger partial charge in [-0.05, 0) is 249 Å². The number of carbonyl (C=O) groups excluding carboxylic acids is 7. The van der Waals surface area contributed by atoms with Crippen molar-refractivity contribution >= 4 is 178 Å². The summed E-state index contributed by atoms with van der Waals surface area (Å²) < 4.78 is 36.6. The third kappa shape index (κ3) is 21.9. The van der Waals surface area contributed by atoms with Crippen LogP contribution in [0.4, 0.5) is 9.59 Å².